The lowest BCUT2D eigenvalue weighted by molar-refractivity contribution is 0.372. The van der Waals surface area contributed by atoms with Crippen LogP contribution in [0.4, 0.5) is 11.4 Å². The molecule has 1 atom stereocenters. The maximum absolute atomic E-state index is 12.8. The lowest BCUT2D eigenvalue weighted by Gasteiger charge is -2.17. The molecule has 0 aliphatic rings. The van der Waals surface area contributed by atoms with E-state index in [0.717, 1.165) is 0 Å². The smallest absolute Gasteiger partial charge is 0.281 e. The summed E-state index contributed by atoms with van der Waals surface area (Å²) < 4.78 is 6.25. The van der Waals surface area contributed by atoms with Gasteiger partial charge in [-0.1, -0.05) is 18.5 Å². The number of azo groups is 1. The van der Waals surface area contributed by atoms with Crippen LogP contribution in [0, 0.1) is 18.3 Å². The Labute approximate surface area is 156 Å². The maximum atomic E-state index is 12.8. The molecule has 0 aliphatic heterocycles. The van der Waals surface area contributed by atoms with Gasteiger partial charge in [0.2, 0.25) is 5.88 Å². The van der Waals surface area contributed by atoms with E-state index in [1.807, 2.05) is 13.0 Å². The minimum atomic E-state index is -0.503. The summed E-state index contributed by atoms with van der Waals surface area (Å²) in [4.78, 5) is 12.8. The van der Waals surface area contributed by atoms with Gasteiger partial charge < -0.3 is 9.84 Å². The van der Waals surface area contributed by atoms with Crippen molar-refractivity contribution in [3.05, 3.63) is 44.7 Å². The number of hydrogen-bond donors (Lipinski definition) is 1. The van der Waals surface area contributed by atoms with Crippen LogP contribution in [0.3, 0.4) is 0 Å². The summed E-state index contributed by atoms with van der Waals surface area (Å²) in [7, 11) is 1.50. The van der Waals surface area contributed by atoms with Gasteiger partial charge >= 0.3 is 0 Å². The van der Waals surface area contributed by atoms with Crippen molar-refractivity contribution in [1.82, 2.24) is 4.57 Å². The first-order chi connectivity index (χ1) is 12.3. The van der Waals surface area contributed by atoms with Gasteiger partial charge in [0.1, 0.15) is 17.4 Å². The molecule has 0 radical (unpaired) electrons. The molecule has 1 aromatic heterocycles. The van der Waals surface area contributed by atoms with Gasteiger partial charge in [-0.05, 0) is 38.5 Å². The molecule has 1 aromatic carbocycles. The monoisotopic (exact) mass is 374 g/mol. The predicted molar refractivity (Wildman–Crippen MR) is 99.0 cm³/mol. The van der Waals surface area contributed by atoms with E-state index < -0.39 is 5.56 Å². The normalized spacial score (nSPS) is 12.2. The van der Waals surface area contributed by atoms with Gasteiger partial charge in [0, 0.05) is 11.6 Å². The van der Waals surface area contributed by atoms with Gasteiger partial charge in [0.15, 0.2) is 5.69 Å². The Balaban J connectivity index is 2.61. The Morgan fingerprint density at radius 3 is 2.65 bits per heavy atom. The van der Waals surface area contributed by atoms with Gasteiger partial charge in [-0.3, -0.25) is 9.36 Å². The zero-order chi connectivity index (χ0) is 19.4. The Morgan fingerprint density at radius 2 is 2.12 bits per heavy atom. The molecule has 136 valence electrons. The van der Waals surface area contributed by atoms with Crippen LogP contribution in [0.2, 0.25) is 5.02 Å². The molecule has 0 spiro atoms. The molecule has 0 saturated heterocycles. The highest BCUT2D eigenvalue weighted by Crippen LogP contribution is 2.31. The van der Waals surface area contributed by atoms with Crippen LogP contribution in [-0.4, -0.2) is 16.8 Å². The minimum Gasteiger partial charge on any atom is -0.495 e. The van der Waals surface area contributed by atoms with Crippen molar-refractivity contribution in [3.63, 3.8) is 0 Å². The number of aromatic hydroxyl groups is 1. The Morgan fingerprint density at radius 1 is 1.42 bits per heavy atom. The third-order valence-electron chi connectivity index (χ3n) is 4.15. The van der Waals surface area contributed by atoms with E-state index in [4.69, 9.17) is 16.3 Å². The summed E-state index contributed by atoms with van der Waals surface area (Å²) in [5, 5.41) is 28.1. The van der Waals surface area contributed by atoms with Crippen LogP contribution in [0.15, 0.2) is 33.2 Å². The molecule has 0 bridgehead atoms. The van der Waals surface area contributed by atoms with E-state index in [1.165, 1.54) is 11.7 Å². The molecule has 26 heavy (non-hydrogen) atoms. The quantitative estimate of drug-likeness (QED) is 0.761. The second-order valence-electron chi connectivity index (χ2n) is 5.74. The number of nitrogens with zero attached hydrogens (tertiary/aromatic N) is 4. The summed E-state index contributed by atoms with van der Waals surface area (Å²) in [5.41, 5.74) is 0.212. The highest BCUT2D eigenvalue weighted by Gasteiger charge is 2.21. The van der Waals surface area contributed by atoms with E-state index in [0.29, 0.717) is 22.9 Å². The average Bonchev–Trinajstić information content (AvgIpc) is 2.61. The predicted octanol–water partition coefficient (Wildman–Crippen LogP) is 4.78. The molecule has 2 aromatic rings. The van der Waals surface area contributed by atoms with E-state index >= 15 is 0 Å². The first kappa shape index (κ1) is 19.5. The zero-order valence-electron chi connectivity index (χ0n) is 14.9. The lowest BCUT2D eigenvalue weighted by atomic mass is 10.1. The number of ether oxygens (including phenoxy) is 1. The fraction of sp³-hybridized carbons (Fsp3) is 0.333. The summed E-state index contributed by atoms with van der Waals surface area (Å²) in [6, 6.07) is 6.46. The molecule has 1 N–H and O–H groups in total. The summed E-state index contributed by atoms with van der Waals surface area (Å²) in [5.74, 6) is 0.146. The highest BCUT2D eigenvalue weighted by atomic mass is 35.5. The van der Waals surface area contributed by atoms with Crippen LogP contribution < -0.4 is 10.3 Å². The standard InChI is InChI=1S/C18H19ClN4O3/c1-5-10(2)23-17(24)13(9-20)11(3)16(18(23)25)22-21-12-6-7-15(26-4)14(19)8-12/h6-8,10,24H,5H2,1-4H3. The van der Waals surface area contributed by atoms with Crippen molar-refractivity contribution in [1.29, 1.82) is 5.26 Å². The van der Waals surface area contributed by atoms with Crippen LogP contribution in [0.25, 0.3) is 0 Å². The third-order valence-corrected chi connectivity index (χ3v) is 4.44. The van der Waals surface area contributed by atoms with Gasteiger partial charge in [0.05, 0.1) is 17.8 Å². The molecule has 0 fully saturated rings. The number of rotatable bonds is 5. The molecular weight excluding hydrogens is 356 g/mol. The molecule has 1 heterocycles. The van der Waals surface area contributed by atoms with Gasteiger partial charge in [-0.15, -0.1) is 5.11 Å². The molecule has 7 nitrogen and oxygen atoms in total. The molecule has 0 saturated carbocycles. The Kier molecular flexibility index (Phi) is 6.01. The van der Waals surface area contributed by atoms with Crippen molar-refractivity contribution < 1.29 is 9.84 Å². The number of hydrogen-bond acceptors (Lipinski definition) is 6. The van der Waals surface area contributed by atoms with Crippen LogP contribution in [0.5, 0.6) is 11.6 Å². The third kappa shape index (κ3) is 3.55. The first-order valence-corrected chi connectivity index (χ1v) is 8.36. The number of pyridine rings is 1. The number of benzene rings is 1. The minimum absolute atomic E-state index is 0.00610. The van der Waals surface area contributed by atoms with E-state index in [-0.39, 0.29) is 28.7 Å². The Bertz CT molecular complexity index is 960. The lowest BCUT2D eigenvalue weighted by Crippen LogP contribution is -2.24. The summed E-state index contributed by atoms with van der Waals surface area (Å²) >= 11 is 6.06. The highest BCUT2D eigenvalue weighted by molar-refractivity contribution is 6.32. The van der Waals surface area contributed by atoms with Crippen molar-refractivity contribution in [3.8, 4) is 17.7 Å². The number of aromatic nitrogens is 1. The first-order valence-electron chi connectivity index (χ1n) is 7.99. The number of nitriles is 1. The van der Waals surface area contributed by atoms with Crippen molar-refractivity contribution in [2.24, 2.45) is 10.2 Å². The summed E-state index contributed by atoms with van der Waals surface area (Å²) in [6.07, 6.45) is 0.603. The van der Waals surface area contributed by atoms with E-state index in [2.05, 4.69) is 10.2 Å². The zero-order valence-corrected chi connectivity index (χ0v) is 15.7. The van der Waals surface area contributed by atoms with Crippen molar-refractivity contribution >= 4 is 23.0 Å². The molecular formula is C18H19ClN4O3. The maximum Gasteiger partial charge on any atom is 0.281 e. The Hall–Kier alpha value is -2.85. The van der Waals surface area contributed by atoms with Crippen molar-refractivity contribution in [2.45, 2.75) is 33.2 Å². The molecule has 0 aliphatic carbocycles. The second-order valence-corrected chi connectivity index (χ2v) is 6.14. The van der Waals surface area contributed by atoms with Crippen molar-refractivity contribution in [2.75, 3.05) is 7.11 Å². The van der Waals surface area contributed by atoms with Crippen LogP contribution in [-0.2, 0) is 0 Å². The SMILES string of the molecule is CCC(C)n1c(O)c(C#N)c(C)c(N=Nc2ccc(OC)c(Cl)c2)c1=O. The van der Waals surface area contributed by atoms with Crippen LogP contribution >= 0.6 is 11.6 Å². The average molecular weight is 375 g/mol. The molecule has 8 heteroatoms. The van der Waals surface area contributed by atoms with Gasteiger partial charge in [-0.25, -0.2) is 0 Å². The van der Waals surface area contributed by atoms with Crippen LogP contribution in [0.1, 0.15) is 37.4 Å². The number of halogens is 1. The largest absolute Gasteiger partial charge is 0.495 e. The van der Waals surface area contributed by atoms with Gasteiger partial charge in [-0.2, -0.15) is 10.4 Å². The topological polar surface area (TPSA) is 100.0 Å². The molecule has 0 amide bonds. The van der Waals surface area contributed by atoms with Gasteiger partial charge in [0.25, 0.3) is 5.56 Å². The second kappa shape index (κ2) is 8.02. The molecule has 1 unspecified atom stereocenters. The molecule has 2 rings (SSSR count). The number of methoxy groups -OCH3 is 1. The fourth-order valence-electron chi connectivity index (χ4n) is 2.45. The fourth-order valence-corrected chi connectivity index (χ4v) is 2.70. The summed E-state index contributed by atoms with van der Waals surface area (Å²) in [6.45, 7) is 5.21. The van der Waals surface area contributed by atoms with E-state index in [1.54, 1.807) is 32.0 Å². The van der Waals surface area contributed by atoms with E-state index in [9.17, 15) is 15.2 Å².